The van der Waals surface area contributed by atoms with Crippen molar-refractivity contribution in [2.24, 2.45) is 0 Å². The summed E-state index contributed by atoms with van der Waals surface area (Å²) in [6.07, 6.45) is 1.49. The molecule has 8 heteroatoms. The fourth-order valence-corrected chi connectivity index (χ4v) is 3.55. The Bertz CT molecular complexity index is 605. The third kappa shape index (κ3) is 2.56. The average Bonchev–Trinajstić information content (AvgIpc) is 2.92. The smallest absolute Gasteiger partial charge is 0.358 e. The Hall–Kier alpha value is -1.25. The van der Waals surface area contributed by atoms with Crippen LogP contribution in [-0.4, -0.2) is 44.1 Å². The minimum Gasteiger partial charge on any atom is -0.476 e. The number of aromatic nitrogens is 3. The van der Waals surface area contributed by atoms with Crippen LogP contribution in [0, 0.1) is 0 Å². The third-order valence-corrected chi connectivity index (χ3v) is 5.01. The van der Waals surface area contributed by atoms with Crippen LogP contribution in [0.2, 0.25) is 0 Å². The number of rotatable bonds is 4. The van der Waals surface area contributed by atoms with E-state index in [9.17, 15) is 4.79 Å². The van der Waals surface area contributed by atoms with Crippen molar-refractivity contribution in [2.75, 3.05) is 13.1 Å². The molecule has 0 unspecified atom stereocenters. The number of hydrogen-bond donors (Lipinski definition) is 1. The van der Waals surface area contributed by atoms with Crippen LogP contribution in [0.15, 0.2) is 22.1 Å². The van der Waals surface area contributed by atoms with Crippen molar-refractivity contribution in [1.29, 1.82) is 0 Å². The molecule has 0 spiro atoms. The summed E-state index contributed by atoms with van der Waals surface area (Å²) in [5, 5.41) is 18.3. The molecule has 19 heavy (non-hydrogen) atoms. The first-order valence-electron chi connectivity index (χ1n) is 5.73. The maximum atomic E-state index is 10.7. The van der Waals surface area contributed by atoms with Crippen LogP contribution in [0.25, 0.3) is 0 Å². The van der Waals surface area contributed by atoms with Crippen LogP contribution >= 0.6 is 27.3 Å². The molecule has 0 aromatic carbocycles. The fourth-order valence-electron chi connectivity index (χ4n) is 2.03. The summed E-state index contributed by atoms with van der Waals surface area (Å²) in [6, 6.07) is 2.27. The van der Waals surface area contributed by atoms with Crippen molar-refractivity contribution in [1.82, 2.24) is 19.9 Å². The van der Waals surface area contributed by atoms with Gasteiger partial charge in [-0.05, 0) is 27.4 Å². The maximum absolute atomic E-state index is 10.7. The summed E-state index contributed by atoms with van der Waals surface area (Å²) >= 11 is 5.25. The summed E-state index contributed by atoms with van der Waals surface area (Å²) < 4.78 is 2.79. The molecule has 0 bridgehead atoms. The lowest BCUT2D eigenvalue weighted by Crippen LogP contribution is -2.47. The summed E-state index contributed by atoms with van der Waals surface area (Å²) in [5.41, 5.74) is -0.000508. The molecule has 3 rings (SSSR count). The van der Waals surface area contributed by atoms with Crippen LogP contribution in [0.4, 0.5) is 0 Å². The molecule has 2 aromatic heterocycles. The first-order chi connectivity index (χ1) is 9.13. The molecule has 0 aliphatic carbocycles. The van der Waals surface area contributed by atoms with Gasteiger partial charge in [-0.2, -0.15) is 0 Å². The fraction of sp³-hybridized carbons (Fsp3) is 0.364. The van der Waals surface area contributed by atoms with Crippen LogP contribution in [-0.2, 0) is 6.54 Å². The minimum atomic E-state index is -1.04. The van der Waals surface area contributed by atoms with Gasteiger partial charge in [0.05, 0.1) is 12.2 Å². The Morgan fingerprint density at radius 2 is 2.37 bits per heavy atom. The molecular weight excluding hydrogens is 332 g/mol. The maximum Gasteiger partial charge on any atom is 0.358 e. The second-order valence-electron chi connectivity index (χ2n) is 4.43. The van der Waals surface area contributed by atoms with E-state index in [1.54, 1.807) is 16.0 Å². The highest BCUT2D eigenvalue weighted by atomic mass is 79.9. The van der Waals surface area contributed by atoms with E-state index in [0.717, 1.165) is 24.1 Å². The zero-order valence-corrected chi connectivity index (χ0v) is 12.3. The molecule has 0 saturated carbocycles. The number of halogens is 1. The van der Waals surface area contributed by atoms with E-state index < -0.39 is 5.97 Å². The van der Waals surface area contributed by atoms with Crippen molar-refractivity contribution in [2.45, 2.75) is 12.6 Å². The van der Waals surface area contributed by atoms with Gasteiger partial charge >= 0.3 is 5.97 Å². The summed E-state index contributed by atoms with van der Waals surface area (Å²) in [7, 11) is 0. The summed E-state index contributed by atoms with van der Waals surface area (Å²) in [6.45, 7) is 2.65. The lowest BCUT2D eigenvalue weighted by atomic mass is 10.1. The molecule has 1 aliphatic rings. The average molecular weight is 343 g/mol. The number of hydrogen-bond acceptors (Lipinski definition) is 5. The molecule has 3 heterocycles. The molecule has 100 valence electrons. The Morgan fingerprint density at radius 3 is 2.95 bits per heavy atom. The predicted molar refractivity (Wildman–Crippen MR) is 73.3 cm³/mol. The second-order valence-corrected chi connectivity index (χ2v) is 6.28. The van der Waals surface area contributed by atoms with Crippen molar-refractivity contribution in [3.63, 3.8) is 0 Å². The molecule has 1 N–H and O–H groups in total. The molecule has 2 aromatic rings. The highest BCUT2D eigenvalue weighted by molar-refractivity contribution is 9.10. The van der Waals surface area contributed by atoms with Crippen LogP contribution in [0.5, 0.6) is 0 Å². The van der Waals surface area contributed by atoms with Gasteiger partial charge in [-0.1, -0.05) is 5.21 Å². The summed E-state index contributed by atoms with van der Waals surface area (Å²) in [5.74, 6) is -1.04. The Kier molecular flexibility index (Phi) is 3.38. The lowest BCUT2D eigenvalue weighted by molar-refractivity contribution is 0.0690. The molecule has 0 atom stereocenters. The zero-order valence-electron chi connectivity index (χ0n) is 9.86. The Labute approximate surface area is 121 Å². The topological polar surface area (TPSA) is 71.2 Å². The van der Waals surface area contributed by atoms with Gasteiger partial charge in [0.15, 0.2) is 5.69 Å². The van der Waals surface area contributed by atoms with Gasteiger partial charge in [-0.3, -0.25) is 4.90 Å². The van der Waals surface area contributed by atoms with Gasteiger partial charge in [0.2, 0.25) is 0 Å². The number of aromatic carboxylic acids is 1. The van der Waals surface area contributed by atoms with E-state index in [0.29, 0.717) is 0 Å². The van der Waals surface area contributed by atoms with Crippen molar-refractivity contribution >= 4 is 33.2 Å². The first kappa shape index (κ1) is 12.8. The van der Waals surface area contributed by atoms with Gasteiger partial charge in [-0.15, -0.1) is 16.4 Å². The number of nitrogens with zero attached hydrogens (tertiary/aromatic N) is 4. The first-order valence-corrected chi connectivity index (χ1v) is 7.40. The molecule has 0 radical (unpaired) electrons. The van der Waals surface area contributed by atoms with Crippen molar-refractivity contribution < 1.29 is 9.90 Å². The lowest BCUT2D eigenvalue weighted by Gasteiger charge is -2.38. The van der Waals surface area contributed by atoms with Gasteiger partial charge < -0.3 is 5.11 Å². The number of carboxylic acids is 1. The van der Waals surface area contributed by atoms with Crippen molar-refractivity contribution in [3.8, 4) is 0 Å². The number of thiophene rings is 1. The van der Waals surface area contributed by atoms with E-state index in [4.69, 9.17) is 5.11 Å². The Morgan fingerprint density at radius 1 is 1.58 bits per heavy atom. The van der Waals surface area contributed by atoms with Crippen molar-refractivity contribution in [3.05, 3.63) is 32.7 Å². The second kappa shape index (κ2) is 5.03. The largest absolute Gasteiger partial charge is 0.476 e. The van der Waals surface area contributed by atoms with Crippen LogP contribution < -0.4 is 0 Å². The predicted octanol–water partition coefficient (Wildman–Crippen LogP) is 1.86. The van der Waals surface area contributed by atoms with E-state index in [1.807, 2.05) is 6.07 Å². The number of likely N-dealkylation sites (tertiary alicyclic amines) is 1. The molecule has 1 fully saturated rings. The molecule has 1 saturated heterocycles. The van der Waals surface area contributed by atoms with Gasteiger partial charge in [0.1, 0.15) is 0 Å². The molecular formula is C11H11BrN4O2S. The van der Waals surface area contributed by atoms with Gasteiger partial charge in [-0.25, -0.2) is 9.48 Å². The van der Waals surface area contributed by atoms with Crippen LogP contribution in [0.1, 0.15) is 21.4 Å². The van der Waals surface area contributed by atoms with Crippen LogP contribution in [0.3, 0.4) is 0 Å². The van der Waals surface area contributed by atoms with Gasteiger partial charge in [0, 0.05) is 29.0 Å². The van der Waals surface area contributed by atoms with E-state index in [1.165, 1.54) is 11.1 Å². The van der Waals surface area contributed by atoms with E-state index >= 15 is 0 Å². The highest BCUT2D eigenvalue weighted by Crippen LogP contribution is 2.28. The number of carboxylic acid groups (broad SMARTS) is 1. The minimum absolute atomic E-state index is 0.000508. The highest BCUT2D eigenvalue weighted by Gasteiger charge is 2.30. The molecule has 0 amide bonds. The van der Waals surface area contributed by atoms with E-state index in [2.05, 4.69) is 36.5 Å². The van der Waals surface area contributed by atoms with Gasteiger partial charge in [0.25, 0.3) is 0 Å². The third-order valence-electron chi connectivity index (χ3n) is 3.10. The molecule has 6 nitrogen and oxygen atoms in total. The standard InChI is InChI=1S/C11H11BrN4O2S/c12-8-1-2-19-10(8)6-15-3-7(4-15)16-5-9(11(17)18)13-14-16/h1-2,5,7H,3-4,6H2,(H,17,18). The summed E-state index contributed by atoms with van der Waals surface area (Å²) in [4.78, 5) is 14.3. The quantitative estimate of drug-likeness (QED) is 0.918. The normalized spacial score (nSPS) is 16.5. The van der Waals surface area contributed by atoms with E-state index in [-0.39, 0.29) is 11.7 Å². The number of carbonyl (C=O) groups is 1. The SMILES string of the molecule is O=C(O)c1cn(C2CN(Cc3sccc3Br)C2)nn1. The monoisotopic (exact) mass is 342 g/mol. The zero-order chi connectivity index (χ0) is 13.4. The Balaban J connectivity index is 1.57. The molecule has 1 aliphatic heterocycles.